The molecule has 0 bridgehead atoms. The molecule has 3 atom stereocenters. The van der Waals surface area contributed by atoms with E-state index in [1.165, 1.54) is 24.0 Å². The Morgan fingerprint density at radius 3 is 2.68 bits per heavy atom. The Morgan fingerprint density at radius 1 is 1.14 bits per heavy atom. The van der Waals surface area contributed by atoms with E-state index in [-0.39, 0.29) is 11.9 Å². The quantitative estimate of drug-likeness (QED) is 0.582. The number of hydrogen-bond donors (Lipinski definition) is 1. The molecule has 1 aliphatic carbocycles. The van der Waals surface area contributed by atoms with Crippen LogP contribution in [0.4, 0.5) is 0 Å². The summed E-state index contributed by atoms with van der Waals surface area (Å²) in [7, 11) is 0. The molecule has 0 spiro atoms. The lowest BCUT2D eigenvalue weighted by atomic mass is 9.78. The SMILES string of the molecule is Cc1cc2nc(-c3cccs3)cc(C(=O)N[C@@H]3CCC[C@@H](C)[C@H]3C)c2cc1C. The lowest BCUT2D eigenvalue weighted by Crippen LogP contribution is -2.43. The number of carbonyl (C=O) groups excluding carboxylic acids is 1. The van der Waals surface area contributed by atoms with Crippen LogP contribution >= 0.6 is 11.3 Å². The lowest BCUT2D eigenvalue weighted by Gasteiger charge is -2.34. The van der Waals surface area contributed by atoms with Gasteiger partial charge in [0.25, 0.3) is 5.91 Å². The van der Waals surface area contributed by atoms with Gasteiger partial charge in [0, 0.05) is 11.4 Å². The largest absolute Gasteiger partial charge is 0.349 e. The number of aryl methyl sites for hydroxylation is 2. The van der Waals surface area contributed by atoms with Gasteiger partial charge in [-0.1, -0.05) is 32.8 Å². The van der Waals surface area contributed by atoms with Gasteiger partial charge in [0.15, 0.2) is 0 Å². The summed E-state index contributed by atoms with van der Waals surface area (Å²) in [6.45, 7) is 8.75. The van der Waals surface area contributed by atoms with Crippen LogP contribution in [-0.2, 0) is 0 Å². The van der Waals surface area contributed by atoms with Crippen LogP contribution in [0.15, 0.2) is 35.7 Å². The first-order valence-corrected chi connectivity index (χ1v) is 11.1. The molecule has 1 aliphatic rings. The summed E-state index contributed by atoms with van der Waals surface area (Å²) in [5, 5.41) is 6.34. The van der Waals surface area contributed by atoms with Crippen molar-refractivity contribution in [2.45, 2.75) is 53.0 Å². The minimum atomic E-state index is 0.0272. The zero-order chi connectivity index (χ0) is 19.8. The Labute approximate surface area is 171 Å². The summed E-state index contributed by atoms with van der Waals surface area (Å²) in [5.74, 6) is 1.19. The van der Waals surface area contributed by atoms with E-state index in [4.69, 9.17) is 4.98 Å². The topological polar surface area (TPSA) is 42.0 Å². The van der Waals surface area contributed by atoms with Crippen molar-refractivity contribution in [1.29, 1.82) is 0 Å². The van der Waals surface area contributed by atoms with Gasteiger partial charge in [0.2, 0.25) is 0 Å². The van der Waals surface area contributed by atoms with E-state index in [0.29, 0.717) is 11.8 Å². The first kappa shape index (κ1) is 19.1. The molecular formula is C24H28N2OS. The second-order valence-corrected chi connectivity index (χ2v) is 9.28. The fraction of sp³-hybridized carbons (Fsp3) is 0.417. The monoisotopic (exact) mass is 392 g/mol. The predicted molar refractivity (Wildman–Crippen MR) is 118 cm³/mol. The number of pyridine rings is 1. The van der Waals surface area contributed by atoms with E-state index in [1.807, 2.05) is 17.5 Å². The third-order valence-electron chi connectivity index (χ3n) is 6.47. The predicted octanol–water partition coefficient (Wildman–Crippen LogP) is 6.13. The minimum absolute atomic E-state index is 0.0272. The smallest absolute Gasteiger partial charge is 0.252 e. The highest BCUT2D eigenvalue weighted by Crippen LogP contribution is 2.32. The zero-order valence-electron chi connectivity index (χ0n) is 17.1. The summed E-state index contributed by atoms with van der Waals surface area (Å²) >= 11 is 1.65. The molecule has 1 fully saturated rings. The molecule has 2 aromatic heterocycles. The van der Waals surface area contributed by atoms with Crippen molar-refractivity contribution >= 4 is 28.1 Å². The number of rotatable bonds is 3. The van der Waals surface area contributed by atoms with Gasteiger partial charge < -0.3 is 5.32 Å². The minimum Gasteiger partial charge on any atom is -0.349 e. The Balaban J connectivity index is 1.77. The highest BCUT2D eigenvalue weighted by molar-refractivity contribution is 7.13. The van der Waals surface area contributed by atoms with Crippen LogP contribution in [0, 0.1) is 25.7 Å². The Bertz CT molecular complexity index is 1010. The van der Waals surface area contributed by atoms with Crippen molar-refractivity contribution in [1.82, 2.24) is 10.3 Å². The van der Waals surface area contributed by atoms with Crippen LogP contribution in [0.1, 0.15) is 54.6 Å². The van der Waals surface area contributed by atoms with Gasteiger partial charge >= 0.3 is 0 Å². The number of amides is 1. The fourth-order valence-electron chi connectivity index (χ4n) is 4.26. The summed E-state index contributed by atoms with van der Waals surface area (Å²) < 4.78 is 0. The van der Waals surface area contributed by atoms with Gasteiger partial charge in [-0.3, -0.25) is 4.79 Å². The molecule has 0 radical (unpaired) electrons. The first-order valence-electron chi connectivity index (χ1n) is 10.2. The second kappa shape index (κ2) is 7.67. The molecule has 2 heterocycles. The molecule has 0 saturated heterocycles. The third-order valence-corrected chi connectivity index (χ3v) is 7.36. The van der Waals surface area contributed by atoms with Gasteiger partial charge in [-0.05, 0) is 72.9 Å². The number of benzene rings is 1. The van der Waals surface area contributed by atoms with Crippen molar-refractivity contribution in [3.05, 3.63) is 52.4 Å². The van der Waals surface area contributed by atoms with Crippen LogP contribution < -0.4 is 5.32 Å². The highest BCUT2D eigenvalue weighted by atomic mass is 32.1. The molecule has 28 heavy (non-hydrogen) atoms. The number of nitrogens with zero attached hydrogens (tertiary/aromatic N) is 1. The average Bonchev–Trinajstić information content (AvgIpc) is 3.20. The zero-order valence-corrected chi connectivity index (χ0v) is 17.9. The molecule has 4 rings (SSSR count). The Morgan fingerprint density at radius 2 is 1.93 bits per heavy atom. The maximum absolute atomic E-state index is 13.4. The summed E-state index contributed by atoms with van der Waals surface area (Å²) in [5.41, 5.74) is 4.89. The number of nitrogens with one attached hydrogen (secondary N) is 1. The van der Waals surface area contributed by atoms with Crippen molar-refractivity contribution in [2.24, 2.45) is 11.8 Å². The molecule has 3 nitrogen and oxygen atoms in total. The molecule has 4 heteroatoms. The average molecular weight is 393 g/mol. The normalized spacial score (nSPS) is 22.4. The Kier molecular flexibility index (Phi) is 5.24. The van der Waals surface area contributed by atoms with E-state index in [2.05, 4.69) is 51.2 Å². The first-order chi connectivity index (χ1) is 13.4. The molecule has 0 aliphatic heterocycles. The number of hydrogen-bond acceptors (Lipinski definition) is 3. The molecule has 1 N–H and O–H groups in total. The van der Waals surface area contributed by atoms with Crippen molar-refractivity contribution < 1.29 is 4.79 Å². The summed E-state index contributed by atoms with van der Waals surface area (Å²) in [4.78, 5) is 19.3. The molecule has 1 saturated carbocycles. The van der Waals surface area contributed by atoms with Crippen LogP contribution in [0.5, 0.6) is 0 Å². The van der Waals surface area contributed by atoms with Crippen LogP contribution in [-0.4, -0.2) is 16.9 Å². The summed E-state index contributed by atoms with van der Waals surface area (Å²) in [6.07, 6.45) is 3.51. The molecule has 1 aromatic carbocycles. The Hall–Kier alpha value is -2.20. The van der Waals surface area contributed by atoms with Crippen molar-refractivity contribution in [3.63, 3.8) is 0 Å². The molecule has 3 aromatic rings. The van der Waals surface area contributed by atoms with E-state index < -0.39 is 0 Å². The third kappa shape index (κ3) is 3.58. The van der Waals surface area contributed by atoms with Crippen LogP contribution in [0.3, 0.4) is 0 Å². The van der Waals surface area contributed by atoms with E-state index in [0.717, 1.165) is 33.5 Å². The number of fused-ring (bicyclic) bond motifs is 1. The molecule has 1 amide bonds. The number of thiophene rings is 1. The van der Waals surface area contributed by atoms with E-state index in [9.17, 15) is 4.79 Å². The fourth-order valence-corrected chi connectivity index (χ4v) is 4.94. The van der Waals surface area contributed by atoms with E-state index in [1.54, 1.807) is 11.3 Å². The van der Waals surface area contributed by atoms with Gasteiger partial charge in [-0.25, -0.2) is 4.98 Å². The number of aromatic nitrogens is 1. The molecular weight excluding hydrogens is 364 g/mol. The summed E-state index contributed by atoms with van der Waals surface area (Å²) in [6, 6.07) is 10.5. The van der Waals surface area contributed by atoms with E-state index >= 15 is 0 Å². The van der Waals surface area contributed by atoms with Gasteiger partial charge in [0.1, 0.15) is 0 Å². The maximum atomic E-state index is 13.4. The van der Waals surface area contributed by atoms with Gasteiger partial charge in [-0.2, -0.15) is 0 Å². The standard InChI is InChI=1S/C24H28N2OS/c1-14-7-5-8-20(17(14)4)26-24(27)19-13-22(23-9-6-10-28-23)25-21-12-16(3)15(2)11-18(19)21/h6,9-14,17,20H,5,7-8H2,1-4H3,(H,26,27)/t14-,17-,20-/m1/s1. The lowest BCUT2D eigenvalue weighted by molar-refractivity contribution is 0.0892. The maximum Gasteiger partial charge on any atom is 0.252 e. The van der Waals surface area contributed by atoms with Crippen LogP contribution in [0.25, 0.3) is 21.5 Å². The number of carbonyl (C=O) groups is 1. The molecule has 0 unspecified atom stereocenters. The van der Waals surface area contributed by atoms with Gasteiger partial charge in [-0.15, -0.1) is 11.3 Å². The van der Waals surface area contributed by atoms with Crippen LogP contribution in [0.2, 0.25) is 0 Å². The highest BCUT2D eigenvalue weighted by Gasteiger charge is 2.29. The van der Waals surface area contributed by atoms with Crippen molar-refractivity contribution in [2.75, 3.05) is 0 Å². The second-order valence-electron chi connectivity index (χ2n) is 8.33. The molecule has 146 valence electrons. The van der Waals surface area contributed by atoms with Gasteiger partial charge in [0.05, 0.1) is 21.7 Å². The van der Waals surface area contributed by atoms with Crippen molar-refractivity contribution in [3.8, 4) is 10.6 Å².